The molecule has 3 rings (SSSR count). The molecule has 4 amide bonds. The van der Waals surface area contributed by atoms with E-state index in [1.807, 2.05) is 36.7 Å². The Morgan fingerprint density at radius 1 is 1.25 bits per heavy atom. The highest BCUT2D eigenvalue weighted by atomic mass is 16.2. The summed E-state index contributed by atoms with van der Waals surface area (Å²) in [6.45, 7) is 4.89. The number of imide groups is 2. The van der Waals surface area contributed by atoms with E-state index in [1.165, 1.54) is 0 Å². The number of amides is 4. The van der Waals surface area contributed by atoms with Crippen LogP contribution in [0.25, 0.3) is 0 Å². The molecule has 0 saturated carbocycles. The number of barbiturate groups is 1. The first-order chi connectivity index (χ1) is 13.5. The lowest BCUT2D eigenvalue weighted by atomic mass is 9.95. The molecule has 0 bridgehead atoms. The van der Waals surface area contributed by atoms with Crippen LogP contribution >= 0.6 is 0 Å². The molecule has 28 heavy (non-hydrogen) atoms. The third-order valence-electron chi connectivity index (χ3n) is 4.66. The highest BCUT2D eigenvalue weighted by molar-refractivity contribution is 6.35. The minimum atomic E-state index is -1.09. The van der Waals surface area contributed by atoms with Gasteiger partial charge in [0.25, 0.3) is 5.91 Å². The normalized spacial score (nSPS) is 17.8. The summed E-state index contributed by atoms with van der Waals surface area (Å²) in [6, 6.07) is 6.35. The van der Waals surface area contributed by atoms with Crippen molar-refractivity contribution >= 4 is 29.2 Å². The van der Waals surface area contributed by atoms with E-state index in [0.29, 0.717) is 24.4 Å². The van der Waals surface area contributed by atoms with E-state index in [9.17, 15) is 14.4 Å². The molecular formula is C20H23N5O3. The second-order valence-electron chi connectivity index (χ2n) is 6.57. The van der Waals surface area contributed by atoms with Crippen LogP contribution in [0, 0.1) is 12.8 Å². The van der Waals surface area contributed by atoms with Crippen LogP contribution in [0.5, 0.6) is 0 Å². The molecule has 1 aromatic carbocycles. The molecule has 1 atom stereocenters. The lowest BCUT2D eigenvalue weighted by Gasteiger charge is -2.31. The van der Waals surface area contributed by atoms with Crippen molar-refractivity contribution < 1.29 is 14.4 Å². The molecule has 8 nitrogen and oxygen atoms in total. The van der Waals surface area contributed by atoms with Gasteiger partial charge in [0, 0.05) is 31.2 Å². The van der Waals surface area contributed by atoms with Crippen LogP contribution in [0.3, 0.4) is 0 Å². The van der Waals surface area contributed by atoms with Gasteiger partial charge in [0.1, 0.15) is 0 Å². The van der Waals surface area contributed by atoms with Crippen molar-refractivity contribution in [1.82, 2.24) is 14.9 Å². The summed E-state index contributed by atoms with van der Waals surface area (Å²) in [6.07, 6.45) is 6.51. The molecule has 2 heterocycles. The molecule has 0 spiro atoms. The van der Waals surface area contributed by atoms with Crippen LogP contribution in [-0.2, 0) is 16.1 Å². The van der Waals surface area contributed by atoms with Gasteiger partial charge in [-0.3, -0.25) is 19.9 Å². The Hall–Kier alpha value is -3.29. The van der Waals surface area contributed by atoms with Gasteiger partial charge in [0.2, 0.25) is 5.91 Å². The summed E-state index contributed by atoms with van der Waals surface area (Å²) in [7, 11) is 0. The van der Waals surface area contributed by atoms with Gasteiger partial charge < -0.3 is 4.57 Å². The summed E-state index contributed by atoms with van der Waals surface area (Å²) >= 11 is 0. The fraction of sp³-hybridized carbons (Fsp3) is 0.350. The second-order valence-corrected chi connectivity index (χ2v) is 6.57. The quantitative estimate of drug-likeness (QED) is 0.452. The summed E-state index contributed by atoms with van der Waals surface area (Å²) < 4.78 is 1.94. The van der Waals surface area contributed by atoms with Crippen LogP contribution in [0.1, 0.15) is 25.3 Å². The zero-order valence-electron chi connectivity index (χ0n) is 16.0. The Morgan fingerprint density at radius 3 is 2.71 bits per heavy atom. The summed E-state index contributed by atoms with van der Waals surface area (Å²) in [5.41, 5.74) is 1.73. The number of benzene rings is 1. The lowest BCUT2D eigenvalue weighted by Crippen LogP contribution is -2.60. The number of carbonyl (C=O) groups excluding carboxylic acids is 3. The molecule has 1 aromatic heterocycles. The molecule has 0 aliphatic carbocycles. The van der Waals surface area contributed by atoms with E-state index >= 15 is 0 Å². The van der Waals surface area contributed by atoms with Gasteiger partial charge in [0.15, 0.2) is 5.92 Å². The van der Waals surface area contributed by atoms with E-state index in [0.717, 1.165) is 23.4 Å². The number of anilines is 1. The van der Waals surface area contributed by atoms with Crippen molar-refractivity contribution in [3.8, 4) is 0 Å². The van der Waals surface area contributed by atoms with Crippen molar-refractivity contribution in [1.29, 1.82) is 0 Å². The average Bonchev–Trinajstić information content (AvgIpc) is 3.18. The first-order valence-electron chi connectivity index (χ1n) is 9.26. The molecular weight excluding hydrogens is 358 g/mol. The SMILES string of the molecule is CCC(=NCCCn1ccnc1)C1C(=O)NC(=O)N(c2ccccc2C)C1=O. The molecule has 1 aliphatic heterocycles. The smallest absolute Gasteiger partial charge is 0.335 e. The van der Waals surface area contributed by atoms with E-state index in [-0.39, 0.29) is 0 Å². The molecule has 146 valence electrons. The van der Waals surface area contributed by atoms with Gasteiger partial charge >= 0.3 is 6.03 Å². The number of para-hydroxylation sites is 1. The van der Waals surface area contributed by atoms with Crippen molar-refractivity contribution in [2.75, 3.05) is 11.4 Å². The Balaban J connectivity index is 1.78. The minimum absolute atomic E-state index is 0.449. The number of aromatic nitrogens is 2. The van der Waals surface area contributed by atoms with Gasteiger partial charge in [-0.1, -0.05) is 25.1 Å². The number of carbonyl (C=O) groups is 3. The number of aliphatic imine (C=N–C) groups is 1. The molecule has 1 aliphatic rings. The van der Waals surface area contributed by atoms with Gasteiger partial charge in [0.05, 0.1) is 12.0 Å². The molecule has 1 fully saturated rings. The van der Waals surface area contributed by atoms with Gasteiger partial charge in [-0.2, -0.15) is 0 Å². The largest absolute Gasteiger partial charge is 0.337 e. The summed E-state index contributed by atoms with van der Waals surface area (Å²) in [4.78, 5) is 47.4. The first kappa shape index (κ1) is 19.5. The lowest BCUT2D eigenvalue weighted by molar-refractivity contribution is -0.131. The number of nitrogens with zero attached hydrogens (tertiary/aromatic N) is 4. The van der Waals surface area contributed by atoms with Crippen molar-refractivity contribution in [3.05, 3.63) is 48.5 Å². The van der Waals surface area contributed by atoms with E-state index in [4.69, 9.17) is 0 Å². The van der Waals surface area contributed by atoms with Crippen molar-refractivity contribution in [2.24, 2.45) is 10.9 Å². The molecule has 8 heteroatoms. The third-order valence-corrected chi connectivity index (χ3v) is 4.66. The number of imidazole rings is 1. The maximum absolute atomic E-state index is 13.1. The highest BCUT2D eigenvalue weighted by Gasteiger charge is 2.43. The summed E-state index contributed by atoms with van der Waals surface area (Å²) in [5.74, 6) is -2.26. The molecule has 1 saturated heterocycles. The number of hydrogen-bond acceptors (Lipinski definition) is 5. The minimum Gasteiger partial charge on any atom is -0.337 e. The van der Waals surface area contributed by atoms with Crippen LogP contribution in [0.15, 0.2) is 48.0 Å². The predicted octanol–water partition coefficient (Wildman–Crippen LogP) is 2.33. The predicted molar refractivity (Wildman–Crippen MR) is 105 cm³/mol. The van der Waals surface area contributed by atoms with Crippen molar-refractivity contribution in [2.45, 2.75) is 33.2 Å². The van der Waals surface area contributed by atoms with E-state index < -0.39 is 23.8 Å². The maximum atomic E-state index is 13.1. The topological polar surface area (TPSA) is 96.7 Å². The zero-order chi connectivity index (χ0) is 20.1. The van der Waals surface area contributed by atoms with Crippen LogP contribution < -0.4 is 10.2 Å². The van der Waals surface area contributed by atoms with Gasteiger partial charge in [-0.25, -0.2) is 14.7 Å². The van der Waals surface area contributed by atoms with Gasteiger partial charge in [-0.05, 0) is 31.4 Å². The van der Waals surface area contributed by atoms with E-state index in [2.05, 4.69) is 15.3 Å². The van der Waals surface area contributed by atoms with Crippen LogP contribution in [-0.4, -0.2) is 39.7 Å². The Kier molecular flexibility index (Phi) is 5.98. The Labute approximate surface area is 163 Å². The monoisotopic (exact) mass is 381 g/mol. The fourth-order valence-corrected chi connectivity index (χ4v) is 3.21. The molecule has 1 N–H and O–H groups in total. The number of urea groups is 1. The second kappa shape index (κ2) is 8.60. The Bertz CT molecular complexity index is 904. The molecule has 2 aromatic rings. The maximum Gasteiger partial charge on any atom is 0.335 e. The van der Waals surface area contributed by atoms with E-state index in [1.54, 1.807) is 24.7 Å². The fourth-order valence-electron chi connectivity index (χ4n) is 3.21. The first-order valence-corrected chi connectivity index (χ1v) is 9.26. The van der Waals surface area contributed by atoms with Crippen LogP contribution in [0.4, 0.5) is 10.5 Å². The molecule has 0 radical (unpaired) electrons. The standard InChI is InChI=1S/C20H23N5O3/c1-3-15(22-9-6-11-24-12-10-21-13-24)17-18(26)23-20(28)25(19(17)27)16-8-5-4-7-14(16)2/h4-5,7-8,10,12-13,17H,3,6,9,11H2,1-2H3,(H,23,26,28). The Morgan fingerprint density at radius 2 is 2.04 bits per heavy atom. The van der Waals surface area contributed by atoms with Crippen LogP contribution in [0.2, 0.25) is 0 Å². The summed E-state index contributed by atoms with van der Waals surface area (Å²) in [5, 5.41) is 2.30. The number of nitrogens with one attached hydrogen (secondary N) is 1. The molecule has 1 unspecified atom stereocenters. The number of hydrogen-bond donors (Lipinski definition) is 1. The van der Waals surface area contributed by atoms with Gasteiger partial charge in [-0.15, -0.1) is 0 Å². The average molecular weight is 381 g/mol. The van der Waals surface area contributed by atoms with Crippen molar-refractivity contribution in [3.63, 3.8) is 0 Å². The number of aryl methyl sites for hydroxylation is 2. The highest BCUT2D eigenvalue weighted by Crippen LogP contribution is 2.25. The number of rotatable bonds is 7. The third kappa shape index (κ3) is 4.00. The zero-order valence-corrected chi connectivity index (χ0v) is 16.0.